The van der Waals surface area contributed by atoms with E-state index in [0.717, 1.165) is 18.7 Å². The van der Waals surface area contributed by atoms with Gasteiger partial charge in [0.25, 0.3) is 5.91 Å². The van der Waals surface area contributed by atoms with Crippen molar-refractivity contribution in [2.75, 3.05) is 32.8 Å². The summed E-state index contributed by atoms with van der Waals surface area (Å²) in [6.07, 6.45) is 2.18. The maximum absolute atomic E-state index is 11.8. The molecule has 0 bridgehead atoms. The zero-order chi connectivity index (χ0) is 22.8. The fraction of sp³-hybridized carbons (Fsp3) is 0.360. The first-order valence-electron chi connectivity index (χ1n) is 11.2. The maximum atomic E-state index is 11.8. The number of fused-ring (bicyclic) bond motifs is 1. The van der Waals surface area contributed by atoms with Gasteiger partial charge in [0, 0.05) is 49.5 Å². The van der Waals surface area contributed by atoms with Gasteiger partial charge in [-0.2, -0.15) is 0 Å². The number of hydrogen-bond donors (Lipinski definition) is 1. The van der Waals surface area contributed by atoms with E-state index in [1.165, 1.54) is 10.5 Å². The Bertz CT molecular complexity index is 1100. The van der Waals surface area contributed by atoms with E-state index in [4.69, 9.17) is 9.47 Å². The Morgan fingerprint density at radius 3 is 2.48 bits per heavy atom. The molecule has 33 heavy (non-hydrogen) atoms. The van der Waals surface area contributed by atoms with E-state index in [1.54, 1.807) is 12.3 Å². The average Bonchev–Trinajstić information content (AvgIpc) is 3.53. The molecule has 0 radical (unpaired) electrons. The number of aliphatic imine (C=N–C) groups is 1. The highest BCUT2D eigenvalue weighted by Crippen LogP contribution is 2.30. The predicted octanol–water partition coefficient (Wildman–Crippen LogP) is 2.17. The van der Waals surface area contributed by atoms with Crippen LogP contribution >= 0.6 is 0 Å². The minimum Gasteiger partial charge on any atom is -0.493 e. The molecule has 170 valence electrons. The zero-order valence-electron chi connectivity index (χ0n) is 18.2. The van der Waals surface area contributed by atoms with Crippen molar-refractivity contribution in [1.82, 2.24) is 10.2 Å². The molecule has 3 heterocycles. The molecule has 0 aliphatic carbocycles. The number of nitrogens with one attached hydrogen (secondary N) is 1. The van der Waals surface area contributed by atoms with Gasteiger partial charge < -0.3 is 14.8 Å². The van der Waals surface area contributed by atoms with Gasteiger partial charge in [-0.05, 0) is 35.9 Å². The lowest BCUT2D eigenvalue weighted by atomic mass is 9.89. The lowest BCUT2D eigenvalue weighted by Crippen LogP contribution is -2.33. The van der Waals surface area contributed by atoms with Gasteiger partial charge in [-0.15, -0.1) is 0 Å². The van der Waals surface area contributed by atoms with Crippen molar-refractivity contribution in [2.45, 2.75) is 18.8 Å². The summed E-state index contributed by atoms with van der Waals surface area (Å²) < 4.78 is 11.8. The minimum atomic E-state index is -0.225. The molecule has 1 N–H and O–H groups in total. The van der Waals surface area contributed by atoms with E-state index in [2.05, 4.69) is 22.4 Å². The van der Waals surface area contributed by atoms with Crippen LogP contribution in [0.2, 0.25) is 0 Å². The molecule has 2 aromatic rings. The van der Waals surface area contributed by atoms with E-state index in [9.17, 15) is 14.4 Å². The molecule has 8 nitrogen and oxygen atoms in total. The number of hydrogen-bond acceptors (Lipinski definition) is 6. The molecule has 2 aromatic carbocycles. The SMILES string of the molecule is O=C1N=Cc2ccc(OC[C@H]3CNC[C@H]3c3ccc(OCCN4C(=O)CCC4=O)cc3)cc21. The highest BCUT2D eigenvalue weighted by Gasteiger charge is 2.30. The third-order valence-corrected chi connectivity index (χ3v) is 6.43. The largest absolute Gasteiger partial charge is 0.493 e. The Balaban J connectivity index is 1.14. The van der Waals surface area contributed by atoms with Gasteiger partial charge in [-0.25, -0.2) is 4.99 Å². The van der Waals surface area contributed by atoms with Crippen LogP contribution in [-0.2, 0) is 9.59 Å². The van der Waals surface area contributed by atoms with Gasteiger partial charge in [0.2, 0.25) is 11.8 Å². The van der Waals surface area contributed by atoms with Crippen LogP contribution < -0.4 is 14.8 Å². The molecule has 0 saturated carbocycles. The van der Waals surface area contributed by atoms with E-state index in [-0.39, 0.29) is 30.9 Å². The summed E-state index contributed by atoms with van der Waals surface area (Å²) in [5.74, 6) is 1.51. The van der Waals surface area contributed by atoms with Crippen LogP contribution in [0.25, 0.3) is 0 Å². The lowest BCUT2D eigenvalue weighted by molar-refractivity contribution is -0.138. The molecule has 0 aromatic heterocycles. The summed E-state index contributed by atoms with van der Waals surface area (Å²) in [5, 5.41) is 3.44. The Morgan fingerprint density at radius 1 is 0.939 bits per heavy atom. The highest BCUT2D eigenvalue weighted by atomic mass is 16.5. The van der Waals surface area contributed by atoms with E-state index < -0.39 is 0 Å². The Hall–Kier alpha value is -3.52. The summed E-state index contributed by atoms with van der Waals surface area (Å²) in [5.41, 5.74) is 2.61. The van der Waals surface area contributed by atoms with Crippen molar-refractivity contribution in [1.29, 1.82) is 0 Å². The summed E-state index contributed by atoms with van der Waals surface area (Å²) in [6.45, 7) is 2.83. The number of carbonyl (C=O) groups is 3. The van der Waals surface area contributed by atoms with Gasteiger partial charge >= 0.3 is 0 Å². The first-order chi connectivity index (χ1) is 16.1. The molecule has 2 fully saturated rings. The van der Waals surface area contributed by atoms with Crippen LogP contribution in [0, 0.1) is 5.92 Å². The number of amides is 3. The minimum absolute atomic E-state index is 0.124. The Kier molecular flexibility index (Phi) is 5.92. The number of nitrogens with zero attached hydrogens (tertiary/aromatic N) is 2. The Labute approximate surface area is 191 Å². The first-order valence-corrected chi connectivity index (χ1v) is 11.2. The van der Waals surface area contributed by atoms with E-state index in [0.29, 0.717) is 48.3 Å². The van der Waals surface area contributed by atoms with Gasteiger partial charge in [-0.3, -0.25) is 19.3 Å². The molecule has 3 aliphatic rings. The second-order valence-electron chi connectivity index (χ2n) is 8.50. The maximum Gasteiger partial charge on any atom is 0.277 e. The highest BCUT2D eigenvalue weighted by molar-refractivity contribution is 6.13. The van der Waals surface area contributed by atoms with Gasteiger partial charge in [-0.1, -0.05) is 12.1 Å². The van der Waals surface area contributed by atoms with Crippen molar-refractivity contribution in [3.05, 3.63) is 59.2 Å². The standard InChI is InChI=1S/C25H25N3O5/c29-23-7-8-24(30)28(23)9-10-32-19-4-1-16(2-5-19)22-14-26-12-18(22)15-33-20-6-3-17-13-27-25(31)21(17)11-20/h1-6,11,13,18,22,26H,7-10,12,14-15H2/t18-,22+/m1/s1. The quantitative estimate of drug-likeness (QED) is 0.623. The number of carbonyl (C=O) groups excluding carboxylic acids is 3. The molecule has 2 saturated heterocycles. The van der Waals surface area contributed by atoms with Crippen LogP contribution in [0.1, 0.15) is 40.2 Å². The second kappa shape index (κ2) is 9.15. The normalized spacial score (nSPS) is 21.7. The number of benzene rings is 2. The second-order valence-corrected chi connectivity index (χ2v) is 8.50. The molecular formula is C25H25N3O5. The molecule has 3 aliphatic heterocycles. The van der Waals surface area contributed by atoms with Gasteiger partial charge in [0.15, 0.2) is 0 Å². The molecule has 5 rings (SSSR count). The fourth-order valence-corrected chi connectivity index (χ4v) is 4.56. The molecule has 8 heteroatoms. The van der Waals surface area contributed by atoms with E-state index in [1.807, 2.05) is 24.3 Å². The number of imide groups is 1. The van der Waals surface area contributed by atoms with Crippen LogP contribution in [0.5, 0.6) is 11.5 Å². The summed E-state index contributed by atoms with van der Waals surface area (Å²) in [6, 6.07) is 13.4. The summed E-state index contributed by atoms with van der Waals surface area (Å²) >= 11 is 0. The summed E-state index contributed by atoms with van der Waals surface area (Å²) in [7, 11) is 0. The van der Waals surface area contributed by atoms with Crippen molar-refractivity contribution >= 4 is 23.9 Å². The van der Waals surface area contributed by atoms with Crippen molar-refractivity contribution < 1.29 is 23.9 Å². The monoisotopic (exact) mass is 447 g/mol. The van der Waals surface area contributed by atoms with Gasteiger partial charge in [0.05, 0.1) is 18.7 Å². The van der Waals surface area contributed by atoms with Crippen LogP contribution in [0.15, 0.2) is 47.5 Å². The summed E-state index contributed by atoms with van der Waals surface area (Å²) in [4.78, 5) is 40.2. The molecule has 2 atom stereocenters. The van der Waals surface area contributed by atoms with Crippen molar-refractivity contribution in [3.63, 3.8) is 0 Å². The molecule has 3 amide bonds. The third kappa shape index (κ3) is 4.52. The van der Waals surface area contributed by atoms with Crippen LogP contribution in [-0.4, -0.2) is 61.7 Å². The zero-order valence-corrected chi connectivity index (χ0v) is 18.2. The smallest absolute Gasteiger partial charge is 0.277 e. The molecule has 0 unspecified atom stereocenters. The number of rotatable bonds is 8. The third-order valence-electron chi connectivity index (χ3n) is 6.43. The van der Waals surface area contributed by atoms with E-state index >= 15 is 0 Å². The van der Waals surface area contributed by atoms with Crippen LogP contribution in [0.3, 0.4) is 0 Å². The Morgan fingerprint density at radius 2 is 1.70 bits per heavy atom. The fourth-order valence-electron chi connectivity index (χ4n) is 4.56. The lowest BCUT2D eigenvalue weighted by Gasteiger charge is -2.20. The van der Waals surface area contributed by atoms with Crippen molar-refractivity contribution in [3.8, 4) is 11.5 Å². The first kappa shape index (κ1) is 21.3. The van der Waals surface area contributed by atoms with Gasteiger partial charge in [0.1, 0.15) is 18.1 Å². The van der Waals surface area contributed by atoms with Crippen molar-refractivity contribution in [2.24, 2.45) is 10.9 Å². The van der Waals surface area contributed by atoms with Crippen LogP contribution in [0.4, 0.5) is 0 Å². The average molecular weight is 447 g/mol. The molecular weight excluding hydrogens is 422 g/mol. The number of likely N-dealkylation sites (tertiary alicyclic amines) is 1. The predicted molar refractivity (Wildman–Crippen MR) is 121 cm³/mol. The topological polar surface area (TPSA) is 97.3 Å². The number of ether oxygens (including phenoxy) is 2. The molecule has 0 spiro atoms.